The Morgan fingerprint density at radius 2 is 1.83 bits per heavy atom. The van der Waals surface area contributed by atoms with Gasteiger partial charge in [-0.25, -0.2) is 4.79 Å². The van der Waals surface area contributed by atoms with E-state index in [0.717, 1.165) is 24.8 Å². The molecule has 2 aromatic rings. The highest BCUT2D eigenvalue weighted by atomic mass is 16.2. The summed E-state index contributed by atoms with van der Waals surface area (Å²) in [4.78, 5) is 29.7. The van der Waals surface area contributed by atoms with Crippen molar-refractivity contribution in [2.24, 2.45) is 0 Å². The van der Waals surface area contributed by atoms with Gasteiger partial charge in [-0.2, -0.15) is 0 Å². The first-order valence-electron chi connectivity index (χ1n) is 8.22. The van der Waals surface area contributed by atoms with Gasteiger partial charge < -0.3 is 9.88 Å². The fraction of sp³-hybridized carbons (Fsp3) is 0.444. The second-order valence-electron chi connectivity index (χ2n) is 6.39. The molecule has 5 heteroatoms. The average Bonchev–Trinajstić information content (AvgIpc) is 2.89. The predicted molar refractivity (Wildman–Crippen MR) is 89.5 cm³/mol. The third-order valence-corrected chi connectivity index (χ3v) is 4.70. The summed E-state index contributed by atoms with van der Waals surface area (Å²) in [5.74, 6) is -0.0565. The third-order valence-electron chi connectivity index (χ3n) is 4.70. The molecule has 122 valence electrons. The van der Waals surface area contributed by atoms with E-state index in [-0.39, 0.29) is 23.7 Å². The van der Waals surface area contributed by atoms with E-state index in [1.54, 1.807) is 6.20 Å². The van der Waals surface area contributed by atoms with Gasteiger partial charge in [0.1, 0.15) is 5.69 Å². The zero-order valence-electron chi connectivity index (χ0n) is 13.7. The smallest absolute Gasteiger partial charge is 0.326 e. The van der Waals surface area contributed by atoms with Crippen molar-refractivity contribution >= 4 is 5.91 Å². The Balaban J connectivity index is 1.91. The van der Waals surface area contributed by atoms with E-state index in [2.05, 4.69) is 18.8 Å². The molecule has 1 aliphatic heterocycles. The SMILES string of the molecule is CC1CCCC(C)N1C(=O)c1c[nH]c(=O)n1Cc1ccccc1. The molecular weight excluding hydrogens is 290 g/mol. The Morgan fingerprint density at radius 3 is 2.48 bits per heavy atom. The second-order valence-corrected chi connectivity index (χ2v) is 6.39. The van der Waals surface area contributed by atoms with Crippen molar-refractivity contribution in [3.63, 3.8) is 0 Å². The summed E-state index contributed by atoms with van der Waals surface area (Å²) in [6.07, 6.45) is 4.73. The Bertz CT molecular complexity index is 722. The van der Waals surface area contributed by atoms with Gasteiger partial charge >= 0.3 is 5.69 Å². The van der Waals surface area contributed by atoms with Crippen molar-refractivity contribution < 1.29 is 4.79 Å². The van der Waals surface area contributed by atoms with Crippen LogP contribution in [0.5, 0.6) is 0 Å². The van der Waals surface area contributed by atoms with Crippen LogP contribution in [0.4, 0.5) is 0 Å². The van der Waals surface area contributed by atoms with Crippen LogP contribution in [0, 0.1) is 0 Å². The predicted octanol–water partition coefficient (Wildman–Crippen LogP) is 2.63. The lowest BCUT2D eigenvalue weighted by Gasteiger charge is -2.39. The van der Waals surface area contributed by atoms with Crippen molar-refractivity contribution in [1.82, 2.24) is 14.5 Å². The summed E-state index contributed by atoms with van der Waals surface area (Å²) >= 11 is 0. The number of rotatable bonds is 3. The molecule has 0 saturated carbocycles. The van der Waals surface area contributed by atoms with Crippen LogP contribution < -0.4 is 5.69 Å². The number of H-pyrrole nitrogens is 1. The number of piperidine rings is 1. The zero-order valence-corrected chi connectivity index (χ0v) is 13.7. The molecule has 23 heavy (non-hydrogen) atoms. The lowest BCUT2D eigenvalue weighted by Crippen LogP contribution is -2.48. The van der Waals surface area contributed by atoms with Crippen molar-refractivity contribution in [3.8, 4) is 0 Å². The number of imidazole rings is 1. The van der Waals surface area contributed by atoms with E-state index in [1.807, 2.05) is 35.2 Å². The maximum Gasteiger partial charge on any atom is 0.326 e. The number of aromatic nitrogens is 2. The molecule has 1 N–H and O–H groups in total. The van der Waals surface area contributed by atoms with E-state index in [9.17, 15) is 9.59 Å². The first-order chi connectivity index (χ1) is 11.1. The highest BCUT2D eigenvalue weighted by Gasteiger charge is 2.31. The van der Waals surface area contributed by atoms with Crippen LogP contribution in [0.1, 0.15) is 49.2 Å². The van der Waals surface area contributed by atoms with Crippen molar-refractivity contribution in [3.05, 3.63) is 58.3 Å². The minimum absolute atomic E-state index is 0.0565. The molecule has 2 heterocycles. The van der Waals surface area contributed by atoms with Crippen LogP contribution in [0.15, 0.2) is 41.3 Å². The number of aromatic amines is 1. The number of amides is 1. The van der Waals surface area contributed by atoms with Crippen molar-refractivity contribution in [2.45, 2.75) is 51.7 Å². The van der Waals surface area contributed by atoms with Gasteiger partial charge in [-0.1, -0.05) is 30.3 Å². The highest BCUT2D eigenvalue weighted by Crippen LogP contribution is 2.24. The fourth-order valence-electron chi connectivity index (χ4n) is 3.45. The number of nitrogens with one attached hydrogen (secondary N) is 1. The number of benzene rings is 1. The molecule has 0 aliphatic carbocycles. The molecule has 1 fully saturated rings. The van der Waals surface area contributed by atoms with E-state index in [0.29, 0.717) is 12.2 Å². The zero-order chi connectivity index (χ0) is 16.4. The summed E-state index contributed by atoms with van der Waals surface area (Å²) < 4.78 is 1.53. The van der Waals surface area contributed by atoms with E-state index in [4.69, 9.17) is 0 Å². The normalized spacial score (nSPS) is 21.4. The molecule has 3 rings (SSSR count). The van der Waals surface area contributed by atoms with Crippen LogP contribution in [-0.4, -0.2) is 32.4 Å². The van der Waals surface area contributed by atoms with Crippen LogP contribution in [0.3, 0.4) is 0 Å². The van der Waals surface area contributed by atoms with Gasteiger partial charge in [-0.3, -0.25) is 9.36 Å². The average molecular weight is 313 g/mol. The molecule has 0 bridgehead atoms. The van der Waals surface area contributed by atoms with Crippen LogP contribution in [0.25, 0.3) is 0 Å². The van der Waals surface area contributed by atoms with Gasteiger partial charge in [-0.05, 0) is 38.7 Å². The monoisotopic (exact) mass is 313 g/mol. The van der Waals surface area contributed by atoms with Crippen LogP contribution in [-0.2, 0) is 6.54 Å². The first-order valence-corrected chi connectivity index (χ1v) is 8.22. The summed E-state index contributed by atoms with van der Waals surface area (Å²) in [5.41, 5.74) is 1.21. The Hall–Kier alpha value is -2.30. The van der Waals surface area contributed by atoms with Gasteiger partial charge in [0.15, 0.2) is 0 Å². The summed E-state index contributed by atoms with van der Waals surface area (Å²) in [5, 5.41) is 0. The number of hydrogen-bond acceptors (Lipinski definition) is 2. The van der Waals surface area contributed by atoms with E-state index >= 15 is 0 Å². The summed E-state index contributed by atoms with van der Waals surface area (Å²) in [6, 6.07) is 10.1. The summed E-state index contributed by atoms with van der Waals surface area (Å²) in [6.45, 7) is 4.57. The third kappa shape index (κ3) is 3.09. The Labute approximate surface area is 135 Å². The molecule has 0 spiro atoms. The highest BCUT2D eigenvalue weighted by molar-refractivity contribution is 5.93. The van der Waals surface area contributed by atoms with Gasteiger partial charge in [0.2, 0.25) is 0 Å². The molecule has 2 unspecified atom stereocenters. The Morgan fingerprint density at radius 1 is 1.17 bits per heavy atom. The van der Waals surface area contributed by atoms with Crippen LogP contribution in [0.2, 0.25) is 0 Å². The van der Waals surface area contributed by atoms with Crippen molar-refractivity contribution in [1.29, 1.82) is 0 Å². The minimum Gasteiger partial charge on any atom is -0.332 e. The van der Waals surface area contributed by atoms with Gasteiger partial charge in [0.25, 0.3) is 5.91 Å². The quantitative estimate of drug-likeness (QED) is 0.947. The molecule has 1 aliphatic rings. The first kappa shape index (κ1) is 15.6. The number of likely N-dealkylation sites (tertiary alicyclic amines) is 1. The molecule has 1 amide bonds. The standard InChI is InChI=1S/C18H23N3O2/c1-13-7-6-8-14(2)21(13)17(22)16-11-19-18(23)20(16)12-15-9-4-3-5-10-15/h3-5,9-11,13-14H,6-8,12H2,1-2H3,(H,19,23). The van der Waals surface area contributed by atoms with Crippen LogP contribution >= 0.6 is 0 Å². The Kier molecular flexibility index (Phi) is 4.37. The number of nitrogens with zero attached hydrogens (tertiary/aromatic N) is 2. The molecule has 1 aromatic carbocycles. The van der Waals surface area contributed by atoms with E-state index < -0.39 is 0 Å². The lowest BCUT2D eigenvalue weighted by molar-refractivity contribution is 0.0499. The maximum absolute atomic E-state index is 13.0. The molecule has 1 aromatic heterocycles. The second kappa shape index (κ2) is 6.44. The number of hydrogen-bond donors (Lipinski definition) is 1. The number of carbonyl (C=O) groups excluding carboxylic acids is 1. The van der Waals surface area contributed by atoms with E-state index in [1.165, 1.54) is 4.57 Å². The molecule has 0 radical (unpaired) electrons. The molecule has 2 atom stereocenters. The van der Waals surface area contributed by atoms with Gasteiger partial charge in [-0.15, -0.1) is 0 Å². The maximum atomic E-state index is 13.0. The summed E-state index contributed by atoms with van der Waals surface area (Å²) in [7, 11) is 0. The van der Waals surface area contributed by atoms with Crippen molar-refractivity contribution in [2.75, 3.05) is 0 Å². The lowest BCUT2D eigenvalue weighted by atomic mass is 9.97. The largest absolute Gasteiger partial charge is 0.332 e. The fourth-order valence-corrected chi connectivity index (χ4v) is 3.45. The minimum atomic E-state index is -0.241. The molecule has 5 nitrogen and oxygen atoms in total. The van der Waals surface area contributed by atoms with Gasteiger partial charge in [0.05, 0.1) is 6.54 Å². The molecule has 1 saturated heterocycles. The number of carbonyl (C=O) groups is 1. The topological polar surface area (TPSA) is 58.1 Å². The van der Waals surface area contributed by atoms with Gasteiger partial charge in [0, 0.05) is 18.3 Å². The molecular formula is C18H23N3O2.